The smallest absolute Gasteiger partial charge is 0.243 e. The van der Waals surface area contributed by atoms with E-state index >= 15 is 0 Å². The maximum absolute atomic E-state index is 14.1. The second kappa shape index (κ2) is 18.4. The van der Waals surface area contributed by atoms with Crippen LogP contribution in [-0.2, 0) is 32.5 Å². The molecule has 2 aromatic rings. The van der Waals surface area contributed by atoms with Crippen LogP contribution in [-0.4, -0.2) is 108 Å². The van der Waals surface area contributed by atoms with Gasteiger partial charge in [-0.25, -0.2) is 13.4 Å². The van der Waals surface area contributed by atoms with Crippen molar-refractivity contribution in [1.82, 2.24) is 24.8 Å². The third-order valence-electron chi connectivity index (χ3n) is 9.40. The molecule has 0 spiro atoms. The number of aliphatic hydroxyl groups is 2. The van der Waals surface area contributed by atoms with Crippen molar-refractivity contribution in [2.75, 3.05) is 39.0 Å². The number of nitrogens with zero attached hydrogens (tertiary/aromatic N) is 3. The second-order valence-corrected chi connectivity index (χ2v) is 16.4. The quantitative estimate of drug-likeness (QED) is 0.195. The summed E-state index contributed by atoms with van der Waals surface area (Å²) in [5.41, 5.74) is 3.92. The number of thiazole rings is 1. The number of benzene rings is 1. The first kappa shape index (κ1) is 38.1. The zero-order chi connectivity index (χ0) is 34.7. The van der Waals surface area contributed by atoms with Crippen LogP contribution in [0.25, 0.3) is 0 Å². The van der Waals surface area contributed by atoms with Crippen molar-refractivity contribution in [2.24, 2.45) is 11.8 Å². The highest BCUT2D eigenvalue weighted by Crippen LogP contribution is 2.29. The molecule has 0 bridgehead atoms. The van der Waals surface area contributed by atoms with Crippen LogP contribution in [0.4, 0.5) is 0 Å². The summed E-state index contributed by atoms with van der Waals surface area (Å²) in [7, 11) is -1.83. The Hall–Kier alpha value is -2.68. The molecule has 1 aliphatic heterocycles. The van der Waals surface area contributed by atoms with Gasteiger partial charge in [0.25, 0.3) is 0 Å². The molecular formula is C35H53N5O6S2. The molecule has 2 amide bonds. The Labute approximate surface area is 289 Å². The number of hydrogen-bond acceptors (Lipinski definition) is 9. The third kappa shape index (κ3) is 11.7. The summed E-state index contributed by atoms with van der Waals surface area (Å²) in [5.74, 6) is -2.10. The maximum atomic E-state index is 14.1. The Bertz CT molecular complexity index is 1420. The van der Waals surface area contributed by atoms with Crippen molar-refractivity contribution in [1.29, 1.82) is 0 Å². The van der Waals surface area contributed by atoms with E-state index in [4.69, 9.17) is 0 Å². The van der Waals surface area contributed by atoms with Crippen molar-refractivity contribution in [2.45, 2.75) is 89.5 Å². The van der Waals surface area contributed by atoms with Gasteiger partial charge in [-0.05, 0) is 45.2 Å². The number of piperazine rings is 1. The number of nitrogens with one attached hydrogen (secondary N) is 2. The standard InChI is InChI=1S/C35H53N5O6S2/c1-25(2)18-32(41)33(42)30(20-27-12-8-5-9-13-27)37-35(44)31(21-29-22-47-24-36-29)38-34(43)28(19-26-10-6-4-7-11-26)23-48(45,46)40-16-14-39(3)15-17-40/h4,6-7,10-11,18,22,24,27-28,30-33,41-42H,5,8-9,12-17,19-21,23H2,1-3H3,(H,37,44)(H,38,43). The lowest BCUT2D eigenvalue weighted by molar-refractivity contribution is -0.132. The largest absolute Gasteiger partial charge is 0.388 e. The van der Waals surface area contributed by atoms with Crippen molar-refractivity contribution < 1.29 is 28.2 Å². The fourth-order valence-corrected chi connectivity index (χ4v) is 8.90. The van der Waals surface area contributed by atoms with Gasteiger partial charge in [0.05, 0.1) is 28.9 Å². The van der Waals surface area contributed by atoms with Gasteiger partial charge < -0.3 is 25.7 Å². The molecule has 5 atom stereocenters. The molecule has 1 aromatic carbocycles. The molecule has 13 heteroatoms. The van der Waals surface area contributed by atoms with E-state index in [9.17, 15) is 28.2 Å². The van der Waals surface area contributed by atoms with E-state index in [0.717, 1.165) is 43.2 Å². The van der Waals surface area contributed by atoms with Crippen molar-refractivity contribution in [3.8, 4) is 0 Å². The van der Waals surface area contributed by atoms with Crippen LogP contribution in [0.2, 0.25) is 0 Å². The lowest BCUT2D eigenvalue weighted by Gasteiger charge is -2.33. The molecule has 1 saturated heterocycles. The van der Waals surface area contributed by atoms with E-state index in [1.807, 2.05) is 51.2 Å². The summed E-state index contributed by atoms with van der Waals surface area (Å²) in [5, 5.41) is 29.7. The number of carbonyl (C=O) groups is 2. The first-order chi connectivity index (χ1) is 22.9. The third-order valence-corrected chi connectivity index (χ3v) is 12.0. The van der Waals surface area contributed by atoms with E-state index < -0.39 is 52.0 Å². The van der Waals surface area contributed by atoms with Gasteiger partial charge in [0.15, 0.2) is 0 Å². The zero-order valence-corrected chi connectivity index (χ0v) is 30.1. The molecule has 4 N–H and O–H groups in total. The van der Waals surface area contributed by atoms with E-state index in [1.165, 1.54) is 15.6 Å². The van der Waals surface area contributed by atoms with Crippen molar-refractivity contribution >= 4 is 33.2 Å². The molecule has 1 saturated carbocycles. The number of aromatic nitrogens is 1. The van der Waals surface area contributed by atoms with Crippen LogP contribution in [0.1, 0.15) is 63.6 Å². The number of likely N-dealkylation sites (N-methyl/N-ethyl adjacent to an activating group) is 1. The van der Waals surface area contributed by atoms with Crippen LogP contribution in [0.5, 0.6) is 0 Å². The molecule has 1 aromatic heterocycles. The Morgan fingerprint density at radius 3 is 2.31 bits per heavy atom. The second-order valence-electron chi connectivity index (χ2n) is 13.7. The number of sulfonamides is 1. The molecule has 0 radical (unpaired) electrons. The summed E-state index contributed by atoms with van der Waals surface area (Å²) in [6.07, 6.45) is 5.22. The molecule has 2 fully saturated rings. The van der Waals surface area contributed by atoms with Crippen LogP contribution in [0, 0.1) is 11.8 Å². The number of hydrogen-bond donors (Lipinski definition) is 4. The first-order valence-corrected chi connectivity index (χ1v) is 19.7. The minimum Gasteiger partial charge on any atom is -0.388 e. The molecule has 1 aliphatic carbocycles. The number of amides is 2. The van der Waals surface area contributed by atoms with E-state index in [2.05, 4.69) is 20.5 Å². The number of rotatable bonds is 16. The Morgan fingerprint density at radius 2 is 1.69 bits per heavy atom. The summed E-state index contributed by atoms with van der Waals surface area (Å²) in [6, 6.07) is 7.44. The highest BCUT2D eigenvalue weighted by molar-refractivity contribution is 7.89. The Balaban J connectivity index is 1.57. The topological polar surface area (TPSA) is 152 Å². The summed E-state index contributed by atoms with van der Waals surface area (Å²) >= 11 is 1.37. The number of allylic oxidation sites excluding steroid dienone is 1. The minimum atomic E-state index is -3.77. The fraction of sp³-hybridized carbons (Fsp3) is 0.629. The molecule has 2 heterocycles. The predicted octanol–water partition coefficient (Wildman–Crippen LogP) is 2.75. The maximum Gasteiger partial charge on any atom is 0.243 e. The normalized spacial score (nSPS) is 19.9. The minimum absolute atomic E-state index is 0.0904. The van der Waals surface area contributed by atoms with E-state index in [0.29, 0.717) is 44.2 Å². The van der Waals surface area contributed by atoms with Gasteiger partial charge in [0, 0.05) is 38.0 Å². The SMILES string of the molecule is CC(C)=CC(O)C(O)C(CC1CCCCC1)NC(=O)C(Cc1cscn1)NC(=O)C(Cc1ccccc1)CS(=O)(=O)N1CCN(C)CC1. The average Bonchev–Trinajstić information content (AvgIpc) is 3.57. The van der Waals surface area contributed by atoms with Gasteiger partial charge >= 0.3 is 0 Å². The lowest BCUT2D eigenvalue weighted by atomic mass is 9.83. The Morgan fingerprint density at radius 1 is 1.00 bits per heavy atom. The Kier molecular flexibility index (Phi) is 14.6. The summed E-state index contributed by atoms with van der Waals surface area (Å²) in [4.78, 5) is 34.5. The van der Waals surface area contributed by atoms with Gasteiger partial charge in [-0.15, -0.1) is 11.3 Å². The van der Waals surface area contributed by atoms with Crippen LogP contribution in [0.15, 0.2) is 52.9 Å². The molecule has 5 unspecified atom stereocenters. The number of aliphatic hydroxyl groups excluding tert-OH is 2. The van der Waals surface area contributed by atoms with Crippen LogP contribution in [0.3, 0.4) is 0 Å². The van der Waals surface area contributed by atoms with Gasteiger partial charge in [-0.3, -0.25) is 9.59 Å². The van der Waals surface area contributed by atoms with Crippen molar-refractivity contribution in [3.05, 3.63) is 64.1 Å². The average molecular weight is 704 g/mol. The van der Waals surface area contributed by atoms with Gasteiger partial charge in [-0.1, -0.05) is 74.1 Å². The molecule has 266 valence electrons. The van der Waals surface area contributed by atoms with Crippen LogP contribution < -0.4 is 10.6 Å². The molecule has 4 rings (SSSR count). The zero-order valence-electron chi connectivity index (χ0n) is 28.5. The van der Waals surface area contributed by atoms with Gasteiger partial charge in [-0.2, -0.15) is 4.31 Å². The molecule has 48 heavy (non-hydrogen) atoms. The van der Waals surface area contributed by atoms with Gasteiger partial charge in [0.1, 0.15) is 18.2 Å². The lowest BCUT2D eigenvalue weighted by Crippen LogP contribution is -2.56. The van der Waals surface area contributed by atoms with Crippen molar-refractivity contribution in [3.63, 3.8) is 0 Å². The highest BCUT2D eigenvalue weighted by atomic mass is 32.2. The summed E-state index contributed by atoms with van der Waals surface area (Å²) in [6.45, 7) is 5.61. The summed E-state index contributed by atoms with van der Waals surface area (Å²) < 4.78 is 28.7. The predicted molar refractivity (Wildman–Crippen MR) is 189 cm³/mol. The van der Waals surface area contributed by atoms with E-state index in [1.54, 1.807) is 17.0 Å². The molecule has 2 aliphatic rings. The monoisotopic (exact) mass is 703 g/mol. The fourth-order valence-electron chi connectivity index (χ4n) is 6.63. The first-order valence-electron chi connectivity index (χ1n) is 17.1. The molecular weight excluding hydrogens is 651 g/mol. The highest BCUT2D eigenvalue weighted by Gasteiger charge is 2.36. The van der Waals surface area contributed by atoms with Gasteiger partial charge in [0.2, 0.25) is 21.8 Å². The van der Waals surface area contributed by atoms with E-state index in [-0.39, 0.29) is 18.6 Å². The van der Waals surface area contributed by atoms with Crippen LogP contribution >= 0.6 is 11.3 Å². The number of carbonyl (C=O) groups excluding carboxylic acids is 2. The molecule has 11 nitrogen and oxygen atoms in total.